The molecule has 38 heavy (non-hydrogen) atoms. The number of anilines is 1. The van der Waals surface area contributed by atoms with Crippen molar-refractivity contribution in [2.45, 2.75) is 45.6 Å². The number of rotatable bonds is 8. The molecule has 8 nitrogen and oxygen atoms in total. The maximum absolute atomic E-state index is 13.0. The number of esters is 1. The molecular formula is C28H28FN3O5S. The summed E-state index contributed by atoms with van der Waals surface area (Å²) in [5.41, 5.74) is 4.91. The monoisotopic (exact) mass is 537 g/mol. The molecule has 0 saturated heterocycles. The number of benzene rings is 2. The Hall–Kier alpha value is -4.05. The molecule has 2 N–H and O–H groups in total. The number of ether oxygens (including phenoxy) is 2. The van der Waals surface area contributed by atoms with E-state index >= 15 is 0 Å². The number of hydrazone groups is 1. The number of nitrogens with zero attached hydrogens (tertiary/aromatic N) is 1. The first-order valence-corrected chi connectivity index (χ1v) is 13.2. The molecule has 0 fully saturated rings. The number of carbonyl (C=O) groups is 3. The zero-order chi connectivity index (χ0) is 26.9. The summed E-state index contributed by atoms with van der Waals surface area (Å²) in [6.45, 7) is 2.20. The largest absolute Gasteiger partial charge is 0.489 e. The Balaban J connectivity index is 1.36. The quantitative estimate of drug-likeness (QED) is 0.138. The SMILES string of the molecule is CCOC(=O)c1c(NC(=O)C(=O)N/N=C/c2cccc(OCc3ccc(F)cc3)c2)sc2c1CCCCC2. The minimum Gasteiger partial charge on any atom is -0.489 e. The van der Waals surface area contributed by atoms with E-state index in [4.69, 9.17) is 9.47 Å². The first kappa shape index (κ1) is 27.0. The van der Waals surface area contributed by atoms with Gasteiger partial charge in [0.2, 0.25) is 0 Å². The maximum atomic E-state index is 13.0. The number of amides is 2. The summed E-state index contributed by atoms with van der Waals surface area (Å²) in [6, 6.07) is 13.0. The summed E-state index contributed by atoms with van der Waals surface area (Å²) < 4.78 is 24.0. The van der Waals surface area contributed by atoms with Gasteiger partial charge in [-0.05, 0) is 73.6 Å². The molecule has 2 amide bonds. The van der Waals surface area contributed by atoms with E-state index in [9.17, 15) is 18.8 Å². The predicted octanol–water partition coefficient (Wildman–Crippen LogP) is 5.00. The smallest absolute Gasteiger partial charge is 0.341 e. The number of hydrogen-bond acceptors (Lipinski definition) is 7. The highest BCUT2D eigenvalue weighted by atomic mass is 32.1. The average molecular weight is 538 g/mol. The van der Waals surface area contributed by atoms with Crippen LogP contribution in [0.15, 0.2) is 53.6 Å². The Kier molecular flexibility index (Phi) is 9.21. The Labute approximate surface area is 223 Å². The third-order valence-electron chi connectivity index (χ3n) is 5.89. The van der Waals surface area contributed by atoms with Gasteiger partial charge in [-0.1, -0.05) is 30.7 Å². The normalized spacial score (nSPS) is 12.9. The zero-order valence-electron chi connectivity index (χ0n) is 20.9. The lowest BCUT2D eigenvalue weighted by Gasteiger charge is -2.08. The van der Waals surface area contributed by atoms with Crippen molar-refractivity contribution < 1.29 is 28.2 Å². The van der Waals surface area contributed by atoms with Gasteiger partial charge in [-0.25, -0.2) is 14.6 Å². The highest BCUT2D eigenvalue weighted by Crippen LogP contribution is 2.38. The van der Waals surface area contributed by atoms with Crippen molar-refractivity contribution in [3.8, 4) is 5.75 Å². The Bertz CT molecular complexity index is 1340. The number of halogens is 1. The third kappa shape index (κ3) is 7.04. The van der Waals surface area contributed by atoms with Gasteiger partial charge in [0.05, 0.1) is 18.4 Å². The van der Waals surface area contributed by atoms with Crippen LogP contribution in [0.25, 0.3) is 0 Å². The fourth-order valence-electron chi connectivity index (χ4n) is 4.06. The molecule has 198 valence electrons. The van der Waals surface area contributed by atoms with E-state index in [1.165, 1.54) is 29.7 Å². The summed E-state index contributed by atoms with van der Waals surface area (Å²) in [7, 11) is 0. The van der Waals surface area contributed by atoms with Crippen LogP contribution in [0, 0.1) is 5.82 Å². The third-order valence-corrected chi connectivity index (χ3v) is 7.10. The number of thiophene rings is 1. The minimum absolute atomic E-state index is 0.213. The summed E-state index contributed by atoms with van der Waals surface area (Å²) >= 11 is 1.32. The van der Waals surface area contributed by atoms with Crippen molar-refractivity contribution in [1.29, 1.82) is 0 Å². The minimum atomic E-state index is -0.969. The second-order valence-electron chi connectivity index (χ2n) is 8.63. The fourth-order valence-corrected chi connectivity index (χ4v) is 5.33. The van der Waals surface area contributed by atoms with Crippen molar-refractivity contribution in [1.82, 2.24) is 5.43 Å². The number of nitrogens with one attached hydrogen (secondary N) is 2. The summed E-state index contributed by atoms with van der Waals surface area (Å²) in [4.78, 5) is 38.7. The predicted molar refractivity (Wildman–Crippen MR) is 143 cm³/mol. The number of aryl methyl sites for hydroxylation is 1. The molecule has 0 bridgehead atoms. The van der Waals surface area contributed by atoms with Crippen molar-refractivity contribution in [2.75, 3.05) is 11.9 Å². The molecule has 0 spiro atoms. The average Bonchev–Trinajstić information content (AvgIpc) is 3.08. The molecule has 0 aliphatic heterocycles. The molecule has 0 unspecified atom stereocenters. The molecule has 0 saturated carbocycles. The molecular weight excluding hydrogens is 509 g/mol. The van der Waals surface area contributed by atoms with Crippen LogP contribution >= 0.6 is 11.3 Å². The lowest BCUT2D eigenvalue weighted by atomic mass is 10.1. The summed E-state index contributed by atoms with van der Waals surface area (Å²) in [5.74, 6) is -2.15. The Morgan fingerprint density at radius 2 is 1.84 bits per heavy atom. The number of hydrogen-bond donors (Lipinski definition) is 2. The molecule has 4 rings (SSSR count). The van der Waals surface area contributed by atoms with Crippen molar-refractivity contribution in [3.05, 3.63) is 81.5 Å². The van der Waals surface area contributed by atoms with Gasteiger partial charge in [-0.3, -0.25) is 9.59 Å². The molecule has 10 heteroatoms. The standard InChI is InChI=1S/C28H28FN3O5S/c1-2-36-28(35)24-22-9-4-3-5-10-23(22)38-27(24)31-25(33)26(34)32-30-16-19-7-6-8-21(15-19)37-17-18-11-13-20(29)14-12-18/h6-8,11-16H,2-5,9-10,17H2,1H3,(H,31,33)(H,32,34)/b30-16+. The van der Waals surface area contributed by atoms with E-state index in [1.807, 2.05) is 0 Å². The van der Waals surface area contributed by atoms with Crippen LogP contribution in [0.3, 0.4) is 0 Å². The second kappa shape index (κ2) is 13.0. The van der Waals surface area contributed by atoms with Crippen molar-refractivity contribution in [2.24, 2.45) is 5.10 Å². The molecule has 0 radical (unpaired) electrons. The molecule has 3 aromatic rings. The van der Waals surface area contributed by atoms with E-state index in [0.717, 1.165) is 48.1 Å². The fraction of sp³-hybridized carbons (Fsp3) is 0.286. The number of carbonyl (C=O) groups excluding carboxylic acids is 3. The molecule has 1 heterocycles. The van der Waals surface area contributed by atoms with Gasteiger partial charge >= 0.3 is 17.8 Å². The van der Waals surface area contributed by atoms with Crippen LogP contribution < -0.4 is 15.5 Å². The van der Waals surface area contributed by atoms with Gasteiger partial charge in [-0.2, -0.15) is 5.10 Å². The van der Waals surface area contributed by atoms with Crippen LogP contribution in [0.1, 0.15) is 58.1 Å². The van der Waals surface area contributed by atoms with Crippen LogP contribution in [-0.2, 0) is 33.8 Å². The summed E-state index contributed by atoms with van der Waals surface area (Å²) in [5, 5.41) is 6.76. The molecule has 1 aliphatic rings. The van der Waals surface area contributed by atoms with Crippen molar-refractivity contribution in [3.63, 3.8) is 0 Å². The van der Waals surface area contributed by atoms with Gasteiger partial charge in [0.25, 0.3) is 0 Å². The highest BCUT2D eigenvalue weighted by molar-refractivity contribution is 7.17. The van der Waals surface area contributed by atoms with E-state index < -0.39 is 17.8 Å². The van der Waals surface area contributed by atoms with Crippen LogP contribution in [0.2, 0.25) is 0 Å². The van der Waals surface area contributed by atoms with E-state index in [0.29, 0.717) is 21.9 Å². The van der Waals surface area contributed by atoms with Crippen molar-refractivity contribution >= 4 is 40.3 Å². The Morgan fingerprint density at radius 1 is 1.05 bits per heavy atom. The van der Waals surface area contributed by atoms with Gasteiger partial charge in [0.15, 0.2) is 0 Å². The maximum Gasteiger partial charge on any atom is 0.341 e. The molecule has 2 aromatic carbocycles. The topological polar surface area (TPSA) is 106 Å². The van der Waals surface area contributed by atoms with Crippen LogP contribution in [0.5, 0.6) is 5.75 Å². The lowest BCUT2D eigenvalue weighted by Crippen LogP contribution is -2.32. The lowest BCUT2D eigenvalue weighted by molar-refractivity contribution is -0.136. The first-order chi connectivity index (χ1) is 18.4. The number of fused-ring (bicyclic) bond motifs is 1. The molecule has 0 atom stereocenters. The van der Waals surface area contributed by atoms with Gasteiger partial charge < -0.3 is 14.8 Å². The van der Waals surface area contributed by atoms with E-state index in [2.05, 4.69) is 15.8 Å². The van der Waals surface area contributed by atoms with Gasteiger partial charge in [-0.15, -0.1) is 11.3 Å². The van der Waals surface area contributed by atoms with Gasteiger partial charge in [0, 0.05) is 4.88 Å². The highest BCUT2D eigenvalue weighted by Gasteiger charge is 2.27. The van der Waals surface area contributed by atoms with Gasteiger partial charge in [0.1, 0.15) is 23.2 Å². The first-order valence-electron chi connectivity index (χ1n) is 12.4. The van der Waals surface area contributed by atoms with E-state index in [1.54, 1.807) is 43.3 Å². The molecule has 1 aromatic heterocycles. The van der Waals surface area contributed by atoms with Crippen LogP contribution in [-0.4, -0.2) is 30.6 Å². The van der Waals surface area contributed by atoms with E-state index in [-0.39, 0.29) is 19.0 Å². The second-order valence-corrected chi connectivity index (χ2v) is 9.74. The zero-order valence-corrected chi connectivity index (χ0v) is 21.7. The van der Waals surface area contributed by atoms with Crippen LogP contribution in [0.4, 0.5) is 9.39 Å². The summed E-state index contributed by atoms with van der Waals surface area (Å²) in [6.07, 6.45) is 5.99. The Morgan fingerprint density at radius 3 is 2.63 bits per heavy atom. The molecule has 1 aliphatic carbocycles.